The van der Waals surface area contributed by atoms with E-state index in [2.05, 4.69) is 0 Å². The number of carbonyl (C=O) groups excluding carboxylic acids is 1. The topological polar surface area (TPSA) is 89.5 Å². The maximum Gasteiger partial charge on any atom is 0.282 e. The van der Waals surface area contributed by atoms with Crippen molar-refractivity contribution < 1.29 is 14.1 Å². The molecule has 1 aromatic carbocycles. The molecule has 8 heteroatoms. The Bertz CT molecular complexity index is 533. The fourth-order valence-electron chi connectivity index (χ4n) is 2.38. The molecule has 1 aliphatic heterocycles. The zero-order valence-corrected chi connectivity index (χ0v) is 12.1. The minimum absolute atomic E-state index is 0. The standard InChI is InChI=1S/C13H16FN3O3.ClH/c14-10-1-2-12(17(19)20)11(7-10)13(18)16-5-3-9(8-15)4-6-16;/h1-2,7,9H,3-6,8,15H2;1H. The predicted octanol–water partition coefficient (Wildman–Crippen LogP) is 1.97. The van der Waals surface area contributed by atoms with E-state index in [1.807, 2.05) is 0 Å². The first-order valence-corrected chi connectivity index (χ1v) is 6.46. The second-order valence-corrected chi connectivity index (χ2v) is 4.89. The molecule has 0 atom stereocenters. The summed E-state index contributed by atoms with van der Waals surface area (Å²) in [6.45, 7) is 1.56. The summed E-state index contributed by atoms with van der Waals surface area (Å²) in [5.74, 6) is -0.774. The smallest absolute Gasteiger partial charge is 0.282 e. The number of nitrogens with zero attached hydrogens (tertiary/aromatic N) is 2. The van der Waals surface area contributed by atoms with Crippen molar-refractivity contribution in [2.75, 3.05) is 19.6 Å². The van der Waals surface area contributed by atoms with Gasteiger partial charge in [-0.1, -0.05) is 0 Å². The average Bonchev–Trinajstić information content (AvgIpc) is 2.46. The van der Waals surface area contributed by atoms with Crippen molar-refractivity contribution in [1.29, 1.82) is 0 Å². The van der Waals surface area contributed by atoms with E-state index < -0.39 is 16.6 Å². The van der Waals surface area contributed by atoms with Gasteiger partial charge in [0.1, 0.15) is 11.4 Å². The molecule has 0 unspecified atom stereocenters. The van der Waals surface area contributed by atoms with Gasteiger partial charge < -0.3 is 10.6 Å². The van der Waals surface area contributed by atoms with Gasteiger partial charge in [-0.3, -0.25) is 14.9 Å². The van der Waals surface area contributed by atoms with E-state index >= 15 is 0 Å². The first-order chi connectivity index (χ1) is 9.52. The van der Waals surface area contributed by atoms with Crippen molar-refractivity contribution in [2.24, 2.45) is 11.7 Å². The summed E-state index contributed by atoms with van der Waals surface area (Å²) in [6.07, 6.45) is 1.54. The molecule has 1 fully saturated rings. The van der Waals surface area contributed by atoms with Gasteiger partial charge in [0.05, 0.1) is 4.92 Å². The Labute approximate surface area is 127 Å². The van der Waals surface area contributed by atoms with Gasteiger partial charge in [-0.25, -0.2) is 4.39 Å². The van der Waals surface area contributed by atoms with Crippen molar-refractivity contribution in [1.82, 2.24) is 4.90 Å². The van der Waals surface area contributed by atoms with E-state index in [0.29, 0.717) is 25.6 Å². The largest absolute Gasteiger partial charge is 0.338 e. The van der Waals surface area contributed by atoms with Crippen LogP contribution < -0.4 is 5.73 Å². The fraction of sp³-hybridized carbons (Fsp3) is 0.462. The van der Waals surface area contributed by atoms with Crippen LogP contribution in [0.5, 0.6) is 0 Å². The fourth-order valence-corrected chi connectivity index (χ4v) is 2.38. The number of likely N-dealkylation sites (tertiary alicyclic amines) is 1. The zero-order valence-electron chi connectivity index (χ0n) is 11.3. The van der Waals surface area contributed by atoms with Crippen molar-refractivity contribution in [3.8, 4) is 0 Å². The lowest BCUT2D eigenvalue weighted by atomic mass is 9.96. The molecule has 0 saturated carbocycles. The molecule has 2 N–H and O–H groups in total. The van der Waals surface area contributed by atoms with Crippen molar-refractivity contribution in [3.05, 3.63) is 39.7 Å². The third kappa shape index (κ3) is 3.89. The van der Waals surface area contributed by atoms with Gasteiger partial charge in [-0.2, -0.15) is 0 Å². The number of piperidine rings is 1. The van der Waals surface area contributed by atoms with E-state index in [9.17, 15) is 19.3 Å². The minimum Gasteiger partial charge on any atom is -0.338 e. The second-order valence-electron chi connectivity index (χ2n) is 4.89. The molecule has 2 rings (SSSR count). The lowest BCUT2D eigenvalue weighted by molar-refractivity contribution is -0.385. The van der Waals surface area contributed by atoms with Crippen LogP contribution in [-0.2, 0) is 0 Å². The van der Waals surface area contributed by atoms with E-state index in [0.717, 1.165) is 31.0 Å². The second kappa shape index (κ2) is 7.33. The number of benzene rings is 1. The summed E-state index contributed by atoms with van der Waals surface area (Å²) in [4.78, 5) is 24.1. The summed E-state index contributed by atoms with van der Waals surface area (Å²) < 4.78 is 13.2. The van der Waals surface area contributed by atoms with Crippen LogP contribution in [0.1, 0.15) is 23.2 Å². The van der Waals surface area contributed by atoms with Gasteiger partial charge in [-0.05, 0) is 37.4 Å². The zero-order chi connectivity index (χ0) is 14.7. The number of nitro benzene ring substituents is 1. The molecule has 0 bridgehead atoms. The van der Waals surface area contributed by atoms with Crippen LogP contribution in [-0.4, -0.2) is 35.4 Å². The number of nitro groups is 1. The summed E-state index contributed by atoms with van der Waals surface area (Å²) in [7, 11) is 0. The van der Waals surface area contributed by atoms with E-state index in [-0.39, 0.29) is 23.7 Å². The van der Waals surface area contributed by atoms with Crippen LogP contribution in [0.25, 0.3) is 0 Å². The summed E-state index contributed by atoms with van der Waals surface area (Å²) in [5, 5.41) is 10.9. The number of nitrogens with two attached hydrogens (primary N) is 1. The molecular formula is C13H17ClFN3O3. The molecule has 6 nitrogen and oxygen atoms in total. The van der Waals surface area contributed by atoms with Gasteiger partial charge in [0.25, 0.3) is 11.6 Å². The summed E-state index contributed by atoms with van der Waals surface area (Å²) in [6, 6.07) is 2.93. The minimum atomic E-state index is -0.667. The van der Waals surface area contributed by atoms with Crippen molar-refractivity contribution in [2.45, 2.75) is 12.8 Å². The quantitative estimate of drug-likeness (QED) is 0.681. The van der Waals surface area contributed by atoms with E-state index in [1.54, 1.807) is 0 Å². The first kappa shape index (κ1) is 17.3. The van der Waals surface area contributed by atoms with Crippen molar-refractivity contribution in [3.63, 3.8) is 0 Å². The maximum atomic E-state index is 13.2. The third-order valence-corrected chi connectivity index (χ3v) is 3.62. The molecule has 0 aromatic heterocycles. The molecule has 21 heavy (non-hydrogen) atoms. The Kier molecular flexibility index (Phi) is 6.04. The Hall–Kier alpha value is -1.73. The molecular weight excluding hydrogens is 301 g/mol. The molecule has 1 saturated heterocycles. The van der Waals surface area contributed by atoms with Crippen LogP contribution in [0.4, 0.5) is 10.1 Å². The predicted molar refractivity (Wildman–Crippen MR) is 78.0 cm³/mol. The molecule has 0 aliphatic carbocycles. The monoisotopic (exact) mass is 317 g/mol. The number of halogens is 2. The first-order valence-electron chi connectivity index (χ1n) is 6.46. The molecule has 1 aromatic rings. The van der Waals surface area contributed by atoms with Crippen molar-refractivity contribution >= 4 is 24.0 Å². The Morgan fingerprint density at radius 1 is 1.43 bits per heavy atom. The highest BCUT2D eigenvalue weighted by Crippen LogP contribution is 2.24. The van der Waals surface area contributed by atoms with E-state index in [4.69, 9.17) is 5.73 Å². The highest BCUT2D eigenvalue weighted by atomic mass is 35.5. The Balaban J connectivity index is 0.00000220. The lowest BCUT2D eigenvalue weighted by Gasteiger charge is -2.31. The lowest BCUT2D eigenvalue weighted by Crippen LogP contribution is -2.40. The average molecular weight is 318 g/mol. The van der Waals surface area contributed by atoms with Crippen LogP contribution >= 0.6 is 12.4 Å². The van der Waals surface area contributed by atoms with Crippen LogP contribution in [0.2, 0.25) is 0 Å². The molecule has 0 spiro atoms. The Morgan fingerprint density at radius 3 is 2.57 bits per heavy atom. The van der Waals surface area contributed by atoms with Gasteiger partial charge in [-0.15, -0.1) is 12.4 Å². The summed E-state index contributed by atoms with van der Waals surface area (Å²) in [5.41, 5.74) is 5.02. The van der Waals surface area contributed by atoms with Gasteiger partial charge in [0.15, 0.2) is 0 Å². The molecule has 116 valence electrons. The number of hydrogen-bond acceptors (Lipinski definition) is 4. The van der Waals surface area contributed by atoms with Gasteiger partial charge >= 0.3 is 0 Å². The van der Waals surface area contributed by atoms with Crippen LogP contribution in [0.3, 0.4) is 0 Å². The molecule has 1 heterocycles. The normalized spacial score (nSPS) is 15.4. The van der Waals surface area contributed by atoms with Crippen LogP contribution in [0, 0.1) is 21.8 Å². The molecule has 0 radical (unpaired) electrons. The number of rotatable bonds is 3. The Morgan fingerprint density at radius 2 is 2.05 bits per heavy atom. The van der Waals surface area contributed by atoms with Crippen LogP contribution in [0.15, 0.2) is 18.2 Å². The highest BCUT2D eigenvalue weighted by molar-refractivity contribution is 5.98. The summed E-state index contributed by atoms with van der Waals surface area (Å²) >= 11 is 0. The molecule has 1 aliphatic rings. The maximum absolute atomic E-state index is 13.2. The SMILES string of the molecule is Cl.NCC1CCN(C(=O)c2cc(F)ccc2[N+](=O)[O-])CC1. The highest BCUT2D eigenvalue weighted by Gasteiger charge is 2.28. The van der Waals surface area contributed by atoms with Gasteiger partial charge in [0.2, 0.25) is 0 Å². The number of amides is 1. The third-order valence-electron chi connectivity index (χ3n) is 3.62. The number of carbonyl (C=O) groups is 1. The number of hydrogen-bond donors (Lipinski definition) is 1. The molecule has 1 amide bonds. The van der Waals surface area contributed by atoms with E-state index in [1.165, 1.54) is 4.90 Å². The van der Waals surface area contributed by atoms with Gasteiger partial charge in [0, 0.05) is 19.2 Å².